The van der Waals surface area contributed by atoms with Gasteiger partial charge < -0.3 is 24.2 Å². The average Bonchev–Trinajstić information content (AvgIpc) is 3.38. The fourth-order valence-electron chi connectivity index (χ4n) is 5.04. The van der Waals surface area contributed by atoms with Crippen molar-refractivity contribution in [1.82, 2.24) is 25.0 Å². The highest BCUT2D eigenvalue weighted by Gasteiger charge is 2.37. The minimum atomic E-state index is -0.134. The molecule has 1 fully saturated rings. The summed E-state index contributed by atoms with van der Waals surface area (Å²) in [6.07, 6.45) is 1.80. The first kappa shape index (κ1) is 21.6. The lowest BCUT2D eigenvalue weighted by molar-refractivity contribution is -0.125. The fourth-order valence-corrected chi connectivity index (χ4v) is 5.04. The Kier molecular flexibility index (Phi) is 5.18. The SMILES string of the molecule is COCC(=O)NC1CN(c2nc3ccc(-c4c(C)noc4C)c4c3n2[C@@H](c2ccccn2)CO4)C1. The molecule has 1 saturated heterocycles. The molecule has 0 aliphatic carbocycles. The summed E-state index contributed by atoms with van der Waals surface area (Å²) in [5.74, 6) is 2.25. The summed E-state index contributed by atoms with van der Waals surface area (Å²) < 4.78 is 19.0. The number of carbonyl (C=O) groups excluding carboxylic acids is 1. The monoisotopic (exact) mass is 474 g/mol. The molecule has 1 aromatic carbocycles. The first-order chi connectivity index (χ1) is 17.0. The van der Waals surface area contributed by atoms with Gasteiger partial charge in [-0.2, -0.15) is 0 Å². The zero-order valence-electron chi connectivity index (χ0n) is 19.8. The Balaban J connectivity index is 1.45. The third-order valence-corrected chi connectivity index (χ3v) is 6.62. The Morgan fingerprint density at radius 2 is 2.09 bits per heavy atom. The molecule has 1 N–H and O–H groups in total. The van der Waals surface area contributed by atoms with Crippen LogP contribution in [0.1, 0.15) is 23.2 Å². The second kappa shape index (κ2) is 8.38. The van der Waals surface area contributed by atoms with Gasteiger partial charge in [-0.1, -0.05) is 11.2 Å². The van der Waals surface area contributed by atoms with Crippen molar-refractivity contribution >= 4 is 22.9 Å². The Morgan fingerprint density at radius 1 is 1.23 bits per heavy atom. The van der Waals surface area contributed by atoms with Crippen LogP contribution >= 0.6 is 0 Å². The molecule has 0 radical (unpaired) electrons. The van der Waals surface area contributed by atoms with Gasteiger partial charge in [-0.25, -0.2) is 4.98 Å². The van der Waals surface area contributed by atoms with Crippen LogP contribution in [0.3, 0.4) is 0 Å². The summed E-state index contributed by atoms with van der Waals surface area (Å²) in [4.78, 5) is 23.7. The number of hydrogen-bond acceptors (Lipinski definition) is 8. The van der Waals surface area contributed by atoms with E-state index in [1.165, 1.54) is 7.11 Å². The predicted octanol–water partition coefficient (Wildman–Crippen LogP) is 2.64. The van der Waals surface area contributed by atoms with Gasteiger partial charge in [0.2, 0.25) is 11.9 Å². The number of methoxy groups -OCH3 is 1. The van der Waals surface area contributed by atoms with Gasteiger partial charge >= 0.3 is 0 Å². The van der Waals surface area contributed by atoms with Gasteiger partial charge in [0.15, 0.2) is 5.75 Å². The minimum Gasteiger partial charge on any atom is -0.488 e. The molecule has 2 aliphatic heterocycles. The number of rotatable bonds is 6. The number of carbonyl (C=O) groups is 1. The summed E-state index contributed by atoms with van der Waals surface area (Å²) >= 11 is 0. The van der Waals surface area contributed by atoms with Crippen molar-refractivity contribution in [1.29, 1.82) is 0 Å². The molecule has 3 aromatic heterocycles. The van der Waals surface area contributed by atoms with Crippen molar-refractivity contribution < 1.29 is 18.8 Å². The number of imidazole rings is 1. The van der Waals surface area contributed by atoms with Crippen molar-refractivity contribution in [2.45, 2.75) is 25.9 Å². The number of nitrogens with zero attached hydrogens (tertiary/aromatic N) is 5. The van der Waals surface area contributed by atoms with Crippen LogP contribution in [0.25, 0.3) is 22.2 Å². The van der Waals surface area contributed by atoms with E-state index in [1.54, 1.807) is 6.20 Å². The van der Waals surface area contributed by atoms with E-state index in [-0.39, 0.29) is 24.6 Å². The summed E-state index contributed by atoms with van der Waals surface area (Å²) in [7, 11) is 1.52. The standard InChI is InChI=1S/C25H26N6O4/c1-14-22(15(2)35-29-14)17-7-8-19-23-24(17)34-12-20(18-6-4-5-9-26-18)31(23)25(28-19)30-10-16(11-30)27-21(32)13-33-3/h4-9,16,20H,10-13H2,1-3H3,(H,27,32)/t20-/m1/s1. The Labute approximate surface area is 201 Å². The first-order valence-electron chi connectivity index (χ1n) is 11.6. The van der Waals surface area contributed by atoms with E-state index in [2.05, 4.69) is 24.9 Å². The molecule has 5 heterocycles. The lowest BCUT2D eigenvalue weighted by Crippen LogP contribution is -2.60. The van der Waals surface area contributed by atoms with Crippen LogP contribution < -0.4 is 15.0 Å². The van der Waals surface area contributed by atoms with Crippen molar-refractivity contribution in [3.63, 3.8) is 0 Å². The van der Waals surface area contributed by atoms with Crippen molar-refractivity contribution in [2.75, 3.05) is 38.3 Å². The highest BCUT2D eigenvalue weighted by Crippen LogP contribution is 2.46. The number of amides is 1. The summed E-state index contributed by atoms with van der Waals surface area (Å²) in [5.41, 5.74) is 5.38. The van der Waals surface area contributed by atoms with Crippen LogP contribution in [0.4, 0.5) is 5.95 Å². The number of aromatic nitrogens is 4. The maximum Gasteiger partial charge on any atom is 0.246 e. The van der Waals surface area contributed by atoms with Crippen molar-refractivity contribution in [3.8, 4) is 16.9 Å². The van der Waals surface area contributed by atoms with E-state index < -0.39 is 0 Å². The predicted molar refractivity (Wildman–Crippen MR) is 129 cm³/mol. The number of aryl methyl sites for hydroxylation is 2. The van der Waals surface area contributed by atoms with Gasteiger partial charge in [0.05, 0.1) is 28.5 Å². The summed E-state index contributed by atoms with van der Waals surface area (Å²) in [6.45, 7) is 5.66. The Bertz CT molecular complexity index is 1390. The fraction of sp³-hybridized carbons (Fsp3) is 0.360. The smallest absolute Gasteiger partial charge is 0.246 e. The molecule has 0 saturated carbocycles. The zero-order chi connectivity index (χ0) is 24.1. The zero-order valence-corrected chi connectivity index (χ0v) is 19.8. The highest BCUT2D eigenvalue weighted by molar-refractivity contribution is 5.94. The van der Waals surface area contributed by atoms with E-state index >= 15 is 0 Å². The second-order valence-corrected chi connectivity index (χ2v) is 8.97. The van der Waals surface area contributed by atoms with E-state index in [0.29, 0.717) is 19.7 Å². The number of nitrogens with one attached hydrogen (secondary N) is 1. The number of hydrogen-bond donors (Lipinski definition) is 1. The second-order valence-electron chi connectivity index (χ2n) is 8.97. The summed E-state index contributed by atoms with van der Waals surface area (Å²) in [5, 5.41) is 7.14. The topological polar surface area (TPSA) is 108 Å². The Hall–Kier alpha value is -3.92. The maximum absolute atomic E-state index is 11.9. The molecule has 180 valence electrons. The molecule has 10 heteroatoms. The van der Waals surface area contributed by atoms with E-state index in [4.69, 9.17) is 19.0 Å². The molecule has 1 amide bonds. The highest BCUT2D eigenvalue weighted by atomic mass is 16.5. The quantitative estimate of drug-likeness (QED) is 0.455. The lowest BCUT2D eigenvalue weighted by Gasteiger charge is -2.41. The van der Waals surface area contributed by atoms with Gasteiger partial charge in [-0.05, 0) is 38.1 Å². The van der Waals surface area contributed by atoms with Gasteiger partial charge in [0.25, 0.3) is 0 Å². The first-order valence-corrected chi connectivity index (χ1v) is 11.6. The van der Waals surface area contributed by atoms with Crippen LogP contribution in [0.15, 0.2) is 41.1 Å². The molecule has 0 unspecified atom stereocenters. The van der Waals surface area contributed by atoms with Crippen LogP contribution in [-0.2, 0) is 9.53 Å². The number of pyridine rings is 1. The molecular weight excluding hydrogens is 448 g/mol. The molecule has 2 aliphatic rings. The van der Waals surface area contributed by atoms with Gasteiger partial charge in [0.1, 0.15) is 30.5 Å². The molecule has 35 heavy (non-hydrogen) atoms. The largest absolute Gasteiger partial charge is 0.488 e. The maximum atomic E-state index is 11.9. The van der Waals surface area contributed by atoms with Crippen LogP contribution in [0, 0.1) is 13.8 Å². The summed E-state index contributed by atoms with van der Waals surface area (Å²) in [6, 6.07) is 9.86. The lowest BCUT2D eigenvalue weighted by atomic mass is 10.0. The molecule has 0 spiro atoms. The number of anilines is 1. The molecule has 6 rings (SSSR count). The molecular formula is C25H26N6O4. The van der Waals surface area contributed by atoms with E-state index in [0.717, 1.165) is 51.0 Å². The van der Waals surface area contributed by atoms with Crippen molar-refractivity contribution in [2.24, 2.45) is 0 Å². The molecule has 4 aromatic rings. The molecule has 10 nitrogen and oxygen atoms in total. The third-order valence-electron chi connectivity index (χ3n) is 6.62. The normalized spacial score (nSPS) is 17.3. The minimum absolute atomic E-state index is 0.0516. The van der Waals surface area contributed by atoms with E-state index in [1.807, 2.05) is 44.2 Å². The average molecular weight is 475 g/mol. The van der Waals surface area contributed by atoms with Crippen LogP contribution in [0.2, 0.25) is 0 Å². The molecule has 0 bridgehead atoms. The van der Waals surface area contributed by atoms with Crippen LogP contribution in [-0.4, -0.2) is 65.1 Å². The number of benzene rings is 1. The third kappa shape index (κ3) is 3.52. The number of ether oxygens (including phenoxy) is 2. The molecule has 1 atom stereocenters. The van der Waals surface area contributed by atoms with Gasteiger partial charge in [-0.15, -0.1) is 0 Å². The van der Waals surface area contributed by atoms with Gasteiger partial charge in [-0.3, -0.25) is 14.3 Å². The van der Waals surface area contributed by atoms with Gasteiger partial charge in [0, 0.05) is 32.0 Å². The van der Waals surface area contributed by atoms with Crippen molar-refractivity contribution in [3.05, 3.63) is 53.7 Å². The Morgan fingerprint density at radius 3 is 2.80 bits per heavy atom. The van der Waals surface area contributed by atoms with Crippen LogP contribution in [0.5, 0.6) is 5.75 Å². The van der Waals surface area contributed by atoms with E-state index in [9.17, 15) is 4.79 Å².